The molecule has 190 valence electrons. The Labute approximate surface area is 234 Å². The maximum atomic E-state index is 13.0. The number of hydrogen-bond acceptors (Lipinski definition) is 6. The van der Waals surface area contributed by atoms with Crippen molar-refractivity contribution in [1.82, 2.24) is 4.90 Å². The van der Waals surface area contributed by atoms with Gasteiger partial charge < -0.3 is 14.8 Å². The number of amides is 2. The summed E-state index contributed by atoms with van der Waals surface area (Å²) < 4.78 is 12.5. The summed E-state index contributed by atoms with van der Waals surface area (Å²) in [5.41, 5.74) is 4.66. The van der Waals surface area contributed by atoms with Gasteiger partial charge in [-0.05, 0) is 82.4 Å². The molecule has 3 aromatic carbocycles. The highest BCUT2D eigenvalue weighted by molar-refractivity contribution is 9.10. The van der Waals surface area contributed by atoms with Crippen LogP contribution in [0.1, 0.15) is 22.3 Å². The van der Waals surface area contributed by atoms with Gasteiger partial charge in [-0.2, -0.15) is 0 Å². The number of thioether (sulfide) groups is 1. The Hall–Kier alpha value is -3.14. The Bertz CT molecular complexity index is 1390. The molecule has 1 fully saturated rings. The predicted molar refractivity (Wildman–Crippen MR) is 156 cm³/mol. The van der Waals surface area contributed by atoms with Gasteiger partial charge in [0.05, 0.1) is 24.2 Å². The van der Waals surface area contributed by atoms with Crippen LogP contribution in [0.5, 0.6) is 11.5 Å². The summed E-state index contributed by atoms with van der Waals surface area (Å²) in [4.78, 5) is 27.6. The van der Waals surface area contributed by atoms with E-state index in [4.69, 9.17) is 21.7 Å². The van der Waals surface area contributed by atoms with E-state index in [1.807, 2.05) is 56.3 Å². The van der Waals surface area contributed by atoms with E-state index in [9.17, 15) is 9.59 Å². The molecule has 1 aliphatic heterocycles. The highest BCUT2D eigenvalue weighted by Gasteiger charge is 2.32. The molecular weight excluding hydrogens is 572 g/mol. The molecule has 37 heavy (non-hydrogen) atoms. The normalized spacial score (nSPS) is 14.3. The number of anilines is 1. The molecule has 2 amide bonds. The molecule has 0 aromatic heterocycles. The zero-order valence-electron chi connectivity index (χ0n) is 20.5. The van der Waals surface area contributed by atoms with Gasteiger partial charge in [0, 0.05) is 4.47 Å². The molecule has 0 bridgehead atoms. The van der Waals surface area contributed by atoms with Crippen LogP contribution in [0.4, 0.5) is 5.69 Å². The highest BCUT2D eigenvalue weighted by Crippen LogP contribution is 2.35. The molecule has 6 nitrogen and oxygen atoms in total. The number of nitrogens with zero attached hydrogens (tertiary/aromatic N) is 1. The minimum absolute atomic E-state index is 0.132. The van der Waals surface area contributed by atoms with Crippen LogP contribution in [-0.4, -0.2) is 34.8 Å². The standard InChI is InChI=1S/C28H25BrN2O4S2/c1-17-11-21(29)22(12-18(17)2)30-26(32)16-35-23-10-9-20(13-24(23)34-3)14-25-27(33)31(28(36)37-25)15-19-7-5-4-6-8-19/h4-14H,15-16H2,1-3H3,(H,30,32)/b25-14-. The van der Waals surface area contributed by atoms with Gasteiger partial charge in [-0.15, -0.1) is 0 Å². The summed E-state index contributed by atoms with van der Waals surface area (Å²) in [6.07, 6.45) is 1.78. The molecular formula is C28H25BrN2O4S2. The zero-order chi connectivity index (χ0) is 26.5. The van der Waals surface area contributed by atoms with E-state index in [2.05, 4.69) is 21.2 Å². The van der Waals surface area contributed by atoms with Crippen molar-refractivity contribution in [3.05, 3.63) is 92.3 Å². The first kappa shape index (κ1) is 26.9. The SMILES string of the molecule is COc1cc(/C=C2\SC(=S)N(Cc3ccccc3)C2=O)ccc1OCC(=O)Nc1cc(C)c(C)cc1Br. The van der Waals surface area contributed by atoms with E-state index in [1.165, 1.54) is 18.9 Å². The van der Waals surface area contributed by atoms with Crippen molar-refractivity contribution in [2.24, 2.45) is 0 Å². The van der Waals surface area contributed by atoms with Crippen LogP contribution in [0.3, 0.4) is 0 Å². The van der Waals surface area contributed by atoms with Crippen LogP contribution < -0.4 is 14.8 Å². The van der Waals surface area contributed by atoms with Crippen molar-refractivity contribution in [2.75, 3.05) is 19.0 Å². The summed E-state index contributed by atoms with van der Waals surface area (Å²) in [5, 5.41) is 2.86. The van der Waals surface area contributed by atoms with Gasteiger partial charge in [-0.1, -0.05) is 60.4 Å². The largest absolute Gasteiger partial charge is 0.493 e. The second-order valence-corrected chi connectivity index (χ2v) is 10.9. The number of benzene rings is 3. The molecule has 1 heterocycles. The fraction of sp³-hybridized carbons (Fsp3) is 0.179. The van der Waals surface area contributed by atoms with E-state index < -0.39 is 0 Å². The molecule has 0 unspecified atom stereocenters. The second-order valence-electron chi connectivity index (χ2n) is 8.42. The van der Waals surface area contributed by atoms with Crippen LogP contribution in [0, 0.1) is 13.8 Å². The van der Waals surface area contributed by atoms with E-state index in [0.29, 0.717) is 33.0 Å². The molecule has 1 saturated heterocycles. The van der Waals surface area contributed by atoms with Crippen LogP contribution in [0.15, 0.2) is 70.0 Å². The number of carbonyl (C=O) groups is 2. The molecule has 3 aromatic rings. The minimum atomic E-state index is -0.294. The summed E-state index contributed by atoms with van der Waals surface area (Å²) in [5.74, 6) is 0.448. The Morgan fingerprint density at radius 3 is 2.54 bits per heavy atom. The lowest BCUT2D eigenvalue weighted by Crippen LogP contribution is -2.27. The molecule has 0 spiro atoms. The first-order valence-corrected chi connectivity index (χ1v) is 13.4. The lowest BCUT2D eigenvalue weighted by Gasteiger charge is -2.14. The topological polar surface area (TPSA) is 67.9 Å². The summed E-state index contributed by atoms with van der Waals surface area (Å²) in [6.45, 7) is 4.24. The number of aryl methyl sites for hydroxylation is 2. The Kier molecular flexibility index (Phi) is 8.68. The van der Waals surface area contributed by atoms with Gasteiger partial charge in [-0.25, -0.2) is 0 Å². The number of methoxy groups -OCH3 is 1. The monoisotopic (exact) mass is 596 g/mol. The maximum Gasteiger partial charge on any atom is 0.266 e. The summed E-state index contributed by atoms with van der Waals surface area (Å²) in [7, 11) is 1.53. The molecule has 0 atom stereocenters. The third kappa shape index (κ3) is 6.60. The van der Waals surface area contributed by atoms with Crippen molar-refractivity contribution in [1.29, 1.82) is 0 Å². The number of carbonyl (C=O) groups excluding carboxylic acids is 2. The van der Waals surface area contributed by atoms with Crippen LogP contribution in [-0.2, 0) is 16.1 Å². The fourth-order valence-corrected chi connectivity index (χ4v) is 5.47. The minimum Gasteiger partial charge on any atom is -0.493 e. The van der Waals surface area contributed by atoms with Crippen molar-refractivity contribution in [2.45, 2.75) is 20.4 Å². The molecule has 1 N–H and O–H groups in total. The third-order valence-corrected chi connectivity index (χ3v) is 7.79. The van der Waals surface area contributed by atoms with Crippen molar-refractivity contribution < 1.29 is 19.1 Å². The lowest BCUT2D eigenvalue weighted by atomic mass is 10.1. The van der Waals surface area contributed by atoms with Crippen LogP contribution >= 0.6 is 39.9 Å². The predicted octanol–water partition coefficient (Wildman–Crippen LogP) is 6.49. The first-order valence-electron chi connectivity index (χ1n) is 11.4. The van der Waals surface area contributed by atoms with Gasteiger partial charge in [0.15, 0.2) is 18.1 Å². The van der Waals surface area contributed by atoms with Gasteiger partial charge in [-0.3, -0.25) is 14.5 Å². The van der Waals surface area contributed by atoms with Gasteiger partial charge in [0.2, 0.25) is 0 Å². The highest BCUT2D eigenvalue weighted by atomic mass is 79.9. The molecule has 0 saturated carbocycles. The average Bonchev–Trinajstić information content (AvgIpc) is 3.14. The maximum absolute atomic E-state index is 13.0. The van der Waals surface area contributed by atoms with E-state index in [-0.39, 0.29) is 18.4 Å². The van der Waals surface area contributed by atoms with Gasteiger partial charge in [0.25, 0.3) is 11.8 Å². The van der Waals surface area contributed by atoms with Gasteiger partial charge >= 0.3 is 0 Å². The van der Waals surface area contributed by atoms with Crippen LogP contribution in [0.25, 0.3) is 6.08 Å². The van der Waals surface area contributed by atoms with Crippen LogP contribution in [0.2, 0.25) is 0 Å². The summed E-state index contributed by atoms with van der Waals surface area (Å²) >= 11 is 10.2. The Morgan fingerprint density at radius 2 is 1.81 bits per heavy atom. The third-order valence-electron chi connectivity index (χ3n) is 5.76. The van der Waals surface area contributed by atoms with Crippen molar-refractivity contribution >= 4 is 67.8 Å². The smallest absolute Gasteiger partial charge is 0.266 e. The quantitative estimate of drug-likeness (QED) is 0.237. The number of rotatable bonds is 8. The first-order chi connectivity index (χ1) is 17.7. The second kappa shape index (κ2) is 11.9. The molecule has 4 rings (SSSR count). The number of halogens is 1. The Morgan fingerprint density at radius 1 is 1.08 bits per heavy atom. The summed E-state index contributed by atoms with van der Waals surface area (Å²) in [6, 6.07) is 18.9. The van der Waals surface area contributed by atoms with E-state index in [1.54, 1.807) is 29.2 Å². The Balaban J connectivity index is 1.42. The molecule has 0 radical (unpaired) electrons. The average molecular weight is 598 g/mol. The lowest BCUT2D eigenvalue weighted by molar-refractivity contribution is -0.122. The van der Waals surface area contributed by atoms with Crippen molar-refractivity contribution in [3.8, 4) is 11.5 Å². The van der Waals surface area contributed by atoms with E-state index in [0.717, 1.165) is 26.7 Å². The zero-order valence-corrected chi connectivity index (χ0v) is 23.8. The van der Waals surface area contributed by atoms with Gasteiger partial charge in [0.1, 0.15) is 4.32 Å². The fourth-order valence-electron chi connectivity index (χ4n) is 3.65. The van der Waals surface area contributed by atoms with Crippen molar-refractivity contribution in [3.63, 3.8) is 0 Å². The molecule has 9 heteroatoms. The number of hydrogen-bond donors (Lipinski definition) is 1. The number of nitrogens with one attached hydrogen (secondary N) is 1. The van der Waals surface area contributed by atoms with E-state index >= 15 is 0 Å². The number of ether oxygens (including phenoxy) is 2. The molecule has 0 aliphatic carbocycles. The molecule has 1 aliphatic rings. The number of thiocarbonyl (C=S) groups is 1.